The van der Waals surface area contributed by atoms with Crippen LogP contribution in [0.4, 0.5) is 19.3 Å². The van der Waals surface area contributed by atoms with Gasteiger partial charge in [0, 0.05) is 5.70 Å². The van der Waals surface area contributed by atoms with Crippen molar-refractivity contribution in [2.75, 3.05) is 4.90 Å². The number of urea groups is 1. The molecule has 0 saturated heterocycles. The number of benzene rings is 2. The van der Waals surface area contributed by atoms with Crippen molar-refractivity contribution in [2.24, 2.45) is 0 Å². The molecule has 1 aliphatic rings. The minimum atomic E-state index is -0.720. The second-order valence-corrected chi connectivity index (χ2v) is 8.55. The van der Waals surface area contributed by atoms with Crippen LogP contribution in [0.3, 0.4) is 0 Å². The smallest absolute Gasteiger partial charge is 0.326 e. The largest absolute Gasteiger partial charge is 0.334 e. The first-order valence-corrected chi connectivity index (χ1v) is 11.0. The summed E-state index contributed by atoms with van der Waals surface area (Å²) < 4.78 is 33.5. The lowest BCUT2D eigenvalue weighted by Crippen LogP contribution is -2.46. The Morgan fingerprint density at radius 1 is 1.09 bits per heavy atom. The molecule has 0 bridgehead atoms. The summed E-state index contributed by atoms with van der Waals surface area (Å²) in [6.07, 6.45) is 0. The molecule has 3 heterocycles. The Morgan fingerprint density at radius 2 is 1.94 bits per heavy atom. The van der Waals surface area contributed by atoms with E-state index in [0.29, 0.717) is 33.9 Å². The van der Waals surface area contributed by atoms with Crippen molar-refractivity contribution in [3.8, 4) is 10.7 Å². The molecule has 1 N–H and O–H groups in total. The molecule has 33 heavy (non-hydrogen) atoms. The zero-order valence-electron chi connectivity index (χ0n) is 17.7. The van der Waals surface area contributed by atoms with Gasteiger partial charge in [0.1, 0.15) is 11.6 Å². The number of carbonyl (C=O) groups excluding carboxylic acids is 1. The third-order valence-electron chi connectivity index (χ3n) is 5.46. The Morgan fingerprint density at radius 3 is 2.67 bits per heavy atom. The maximum absolute atomic E-state index is 14.0. The van der Waals surface area contributed by atoms with Crippen LogP contribution in [-0.4, -0.2) is 16.2 Å². The fraction of sp³-hybridized carbons (Fsp3) is 0.125. The molecular weight excluding hydrogens is 446 g/mol. The Balaban J connectivity index is 1.68. The van der Waals surface area contributed by atoms with E-state index in [4.69, 9.17) is 4.52 Å². The van der Waals surface area contributed by atoms with Gasteiger partial charge in [-0.3, -0.25) is 4.90 Å². The lowest BCUT2D eigenvalue weighted by Gasteiger charge is -2.35. The number of anilines is 1. The fourth-order valence-corrected chi connectivity index (χ4v) is 4.52. The van der Waals surface area contributed by atoms with Gasteiger partial charge in [-0.2, -0.15) is 4.98 Å². The van der Waals surface area contributed by atoms with Crippen molar-refractivity contribution in [3.63, 3.8) is 0 Å². The first kappa shape index (κ1) is 21.0. The lowest BCUT2D eigenvalue weighted by atomic mass is 9.94. The second kappa shape index (κ2) is 8.25. The molecule has 9 heteroatoms. The Kier molecular flexibility index (Phi) is 5.26. The van der Waals surface area contributed by atoms with E-state index < -0.39 is 17.9 Å². The molecule has 0 fully saturated rings. The van der Waals surface area contributed by atoms with E-state index in [-0.39, 0.29) is 11.7 Å². The molecule has 0 saturated carbocycles. The average molecular weight is 464 g/mol. The van der Waals surface area contributed by atoms with Gasteiger partial charge in [-0.25, -0.2) is 13.6 Å². The zero-order chi connectivity index (χ0) is 23.1. The highest BCUT2D eigenvalue weighted by molar-refractivity contribution is 7.13. The molecule has 6 nitrogen and oxygen atoms in total. The van der Waals surface area contributed by atoms with E-state index in [2.05, 4.69) is 15.5 Å². The van der Waals surface area contributed by atoms with Crippen molar-refractivity contribution in [1.29, 1.82) is 0 Å². The first-order valence-electron chi connectivity index (χ1n) is 10.1. The molecule has 5 rings (SSSR count). The lowest BCUT2D eigenvalue weighted by molar-refractivity contribution is 0.244. The number of nitrogens with zero attached hydrogens (tertiary/aromatic N) is 3. The summed E-state index contributed by atoms with van der Waals surface area (Å²) >= 11 is 1.47. The molecule has 1 aliphatic heterocycles. The molecule has 1 unspecified atom stereocenters. The van der Waals surface area contributed by atoms with Crippen LogP contribution in [0.5, 0.6) is 0 Å². The summed E-state index contributed by atoms with van der Waals surface area (Å²) in [6.45, 7) is 3.37. The zero-order valence-corrected chi connectivity index (χ0v) is 18.5. The van der Waals surface area contributed by atoms with Gasteiger partial charge in [-0.15, -0.1) is 11.3 Å². The Bertz CT molecular complexity index is 1380. The maximum atomic E-state index is 14.0. The molecule has 2 aromatic carbocycles. The van der Waals surface area contributed by atoms with Gasteiger partial charge in [0.25, 0.3) is 5.89 Å². The van der Waals surface area contributed by atoms with Gasteiger partial charge in [0.05, 0.1) is 22.2 Å². The maximum Gasteiger partial charge on any atom is 0.326 e. The number of amides is 2. The molecule has 2 aromatic heterocycles. The van der Waals surface area contributed by atoms with E-state index in [0.717, 1.165) is 4.88 Å². The van der Waals surface area contributed by atoms with E-state index in [1.807, 2.05) is 17.5 Å². The number of hydrogen-bond acceptors (Lipinski definition) is 5. The highest BCUT2D eigenvalue weighted by Crippen LogP contribution is 2.39. The number of carbonyl (C=O) groups is 1. The number of halogens is 2. The van der Waals surface area contributed by atoms with Crippen LogP contribution in [0.25, 0.3) is 16.3 Å². The molecule has 0 spiro atoms. The molecule has 0 aliphatic carbocycles. The monoisotopic (exact) mass is 464 g/mol. The highest BCUT2D eigenvalue weighted by atomic mass is 32.1. The van der Waals surface area contributed by atoms with Gasteiger partial charge in [0.15, 0.2) is 0 Å². The van der Waals surface area contributed by atoms with Gasteiger partial charge < -0.3 is 9.84 Å². The number of rotatable bonds is 4. The summed E-state index contributed by atoms with van der Waals surface area (Å²) in [5.41, 5.74) is 2.46. The minimum absolute atomic E-state index is 0.203. The van der Waals surface area contributed by atoms with Gasteiger partial charge in [-0.05, 0) is 66.8 Å². The standard InChI is InChI=1S/C24H18F2N4O2S/c1-13-11-17(8-9-18(13)26)30-14(2)20(23-28-22(29-32-23)19-7-4-10-33-19)21(27-24(30)31)15-5-3-6-16(25)12-15/h3-12,21H,1-2H3,(H,27,31). The summed E-state index contributed by atoms with van der Waals surface area (Å²) in [4.78, 5) is 20.0. The molecule has 1 atom stereocenters. The molecule has 0 radical (unpaired) electrons. The van der Waals surface area contributed by atoms with E-state index in [1.165, 1.54) is 40.5 Å². The van der Waals surface area contributed by atoms with Gasteiger partial charge in [0.2, 0.25) is 5.82 Å². The van der Waals surface area contributed by atoms with Crippen LogP contribution in [0.1, 0.15) is 30.0 Å². The average Bonchev–Trinajstić information content (AvgIpc) is 3.48. The second-order valence-electron chi connectivity index (χ2n) is 7.61. The van der Waals surface area contributed by atoms with Gasteiger partial charge >= 0.3 is 6.03 Å². The van der Waals surface area contributed by atoms with Crippen LogP contribution in [0.15, 0.2) is 70.2 Å². The first-order chi connectivity index (χ1) is 15.9. The molecular formula is C24H18F2N4O2S. The van der Waals surface area contributed by atoms with Crippen molar-refractivity contribution in [2.45, 2.75) is 19.9 Å². The van der Waals surface area contributed by atoms with E-state index in [9.17, 15) is 13.6 Å². The summed E-state index contributed by atoms with van der Waals surface area (Å²) in [5, 5.41) is 8.91. The fourth-order valence-electron chi connectivity index (χ4n) is 3.87. The van der Waals surface area contributed by atoms with Crippen molar-refractivity contribution >= 4 is 28.6 Å². The van der Waals surface area contributed by atoms with Crippen LogP contribution in [0.2, 0.25) is 0 Å². The number of aryl methyl sites for hydroxylation is 1. The summed E-state index contributed by atoms with van der Waals surface area (Å²) in [7, 11) is 0. The summed E-state index contributed by atoms with van der Waals surface area (Å²) in [6, 6.07) is 13.0. The quantitative estimate of drug-likeness (QED) is 0.397. The van der Waals surface area contributed by atoms with Crippen LogP contribution in [0, 0.1) is 18.6 Å². The van der Waals surface area contributed by atoms with E-state index >= 15 is 0 Å². The molecule has 4 aromatic rings. The summed E-state index contributed by atoms with van der Waals surface area (Å²) in [5.74, 6) is -0.179. The third-order valence-corrected chi connectivity index (χ3v) is 6.33. The molecule has 166 valence electrons. The van der Waals surface area contributed by atoms with Crippen LogP contribution < -0.4 is 10.2 Å². The third kappa shape index (κ3) is 3.80. The number of nitrogens with one attached hydrogen (secondary N) is 1. The normalized spacial score (nSPS) is 16.3. The van der Waals surface area contributed by atoms with E-state index in [1.54, 1.807) is 32.0 Å². The minimum Gasteiger partial charge on any atom is -0.334 e. The molecule has 2 amide bonds. The van der Waals surface area contributed by atoms with Crippen molar-refractivity contribution < 1.29 is 18.1 Å². The Hall–Kier alpha value is -3.85. The topological polar surface area (TPSA) is 71.3 Å². The number of aromatic nitrogens is 2. The van der Waals surface area contributed by atoms with Crippen molar-refractivity contribution in [3.05, 3.63) is 94.3 Å². The van der Waals surface area contributed by atoms with Gasteiger partial charge in [-0.1, -0.05) is 23.4 Å². The van der Waals surface area contributed by atoms with Crippen molar-refractivity contribution in [1.82, 2.24) is 15.5 Å². The predicted molar refractivity (Wildman–Crippen MR) is 121 cm³/mol. The van der Waals surface area contributed by atoms with Crippen LogP contribution >= 0.6 is 11.3 Å². The number of thiophene rings is 1. The Labute approximate surface area is 192 Å². The SMILES string of the molecule is CC1=C(c2nc(-c3cccs3)no2)C(c2cccc(F)c2)NC(=O)N1c1ccc(F)c(C)c1. The predicted octanol–water partition coefficient (Wildman–Crippen LogP) is 6.09. The number of allylic oxidation sites excluding steroid dienone is 1. The number of hydrogen-bond donors (Lipinski definition) is 1. The highest BCUT2D eigenvalue weighted by Gasteiger charge is 2.36. The van der Waals surface area contributed by atoms with Crippen LogP contribution in [-0.2, 0) is 0 Å².